The minimum absolute atomic E-state index is 0.156. The average Bonchev–Trinajstić information content (AvgIpc) is 2.50. The molecule has 1 amide bonds. The number of amides is 1. The molecule has 2 aromatic carbocycles. The zero-order chi connectivity index (χ0) is 16.1. The van der Waals surface area contributed by atoms with Crippen LogP contribution in [0.25, 0.3) is 0 Å². The second-order valence-corrected chi connectivity index (χ2v) is 4.89. The largest absolute Gasteiger partial charge is 0.481 e. The number of nitro groups is 1. The highest BCUT2D eigenvalue weighted by molar-refractivity contribution is 6.33. The Morgan fingerprint density at radius 1 is 1.27 bits per heavy atom. The standard InChI is InChI=1S/C15H13ClN2O4/c1-10(22-12-5-3-2-4-6-12)15(19)17-14-9-11(18(20)21)7-8-13(14)16/h2-10H,1H3,(H,17,19). The summed E-state index contributed by atoms with van der Waals surface area (Å²) < 4.78 is 5.48. The molecule has 1 atom stereocenters. The Balaban J connectivity index is 2.08. The highest BCUT2D eigenvalue weighted by atomic mass is 35.5. The number of carbonyl (C=O) groups is 1. The van der Waals surface area contributed by atoms with Crippen molar-refractivity contribution < 1.29 is 14.5 Å². The second kappa shape index (κ2) is 6.91. The lowest BCUT2D eigenvalue weighted by atomic mass is 10.2. The number of para-hydroxylation sites is 1. The summed E-state index contributed by atoms with van der Waals surface area (Å²) in [7, 11) is 0. The van der Waals surface area contributed by atoms with Gasteiger partial charge in [-0.1, -0.05) is 29.8 Å². The van der Waals surface area contributed by atoms with Crippen LogP contribution in [0.5, 0.6) is 5.75 Å². The molecule has 6 nitrogen and oxygen atoms in total. The van der Waals surface area contributed by atoms with E-state index < -0.39 is 16.9 Å². The van der Waals surface area contributed by atoms with Gasteiger partial charge < -0.3 is 10.1 Å². The summed E-state index contributed by atoms with van der Waals surface area (Å²) >= 11 is 5.93. The lowest BCUT2D eigenvalue weighted by Gasteiger charge is -2.15. The first kappa shape index (κ1) is 15.8. The van der Waals surface area contributed by atoms with E-state index in [9.17, 15) is 14.9 Å². The highest BCUT2D eigenvalue weighted by Gasteiger charge is 2.18. The molecule has 2 aromatic rings. The minimum Gasteiger partial charge on any atom is -0.481 e. The third-order valence-electron chi connectivity index (χ3n) is 2.84. The zero-order valence-electron chi connectivity index (χ0n) is 11.7. The number of non-ortho nitro benzene ring substituents is 1. The molecule has 0 aliphatic heterocycles. The minimum atomic E-state index is -0.780. The van der Waals surface area contributed by atoms with Crippen LogP contribution in [-0.4, -0.2) is 16.9 Å². The summed E-state index contributed by atoms with van der Waals surface area (Å²) in [4.78, 5) is 22.3. The topological polar surface area (TPSA) is 81.5 Å². The van der Waals surface area contributed by atoms with Crippen LogP contribution in [0.3, 0.4) is 0 Å². The average molecular weight is 321 g/mol. The molecule has 0 aliphatic carbocycles. The van der Waals surface area contributed by atoms with Gasteiger partial charge >= 0.3 is 0 Å². The normalized spacial score (nSPS) is 11.5. The molecule has 1 N–H and O–H groups in total. The Morgan fingerprint density at radius 2 is 1.95 bits per heavy atom. The molecule has 0 heterocycles. The third-order valence-corrected chi connectivity index (χ3v) is 3.17. The van der Waals surface area contributed by atoms with Gasteiger partial charge in [0.05, 0.1) is 15.6 Å². The molecule has 0 saturated heterocycles. The molecule has 7 heteroatoms. The fourth-order valence-electron chi connectivity index (χ4n) is 1.71. The van der Waals surface area contributed by atoms with E-state index in [0.717, 1.165) is 0 Å². The molecule has 0 saturated carbocycles. The van der Waals surface area contributed by atoms with Crippen molar-refractivity contribution in [2.75, 3.05) is 5.32 Å². The predicted molar refractivity (Wildman–Crippen MR) is 83.3 cm³/mol. The first-order chi connectivity index (χ1) is 10.5. The molecule has 0 fully saturated rings. The van der Waals surface area contributed by atoms with Crippen molar-refractivity contribution in [3.63, 3.8) is 0 Å². The Labute approximate surface area is 131 Å². The molecule has 114 valence electrons. The summed E-state index contributed by atoms with van der Waals surface area (Å²) in [6.45, 7) is 1.58. The maximum Gasteiger partial charge on any atom is 0.271 e. The van der Waals surface area contributed by atoms with E-state index in [1.807, 2.05) is 6.07 Å². The summed E-state index contributed by atoms with van der Waals surface area (Å²) in [5.41, 5.74) is 0.0145. The van der Waals surface area contributed by atoms with Gasteiger partial charge in [0.25, 0.3) is 11.6 Å². The third kappa shape index (κ3) is 3.95. The van der Waals surface area contributed by atoms with E-state index in [4.69, 9.17) is 16.3 Å². The summed E-state index contributed by atoms with van der Waals surface area (Å²) in [5, 5.41) is 13.5. The molecular weight excluding hydrogens is 308 g/mol. The van der Waals surface area contributed by atoms with Gasteiger partial charge in [-0.2, -0.15) is 0 Å². The molecule has 0 spiro atoms. The van der Waals surface area contributed by atoms with E-state index in [1.54, 1.807) is 31.2 Å². The predicted octanol–water partition coefficient (Wildman–Crippen LogP) is 3.65. The number of hydrogen-bond donors (Lipinski definition) is 1. The quantitative estimate of drug-likeness (QED) is 0.673. The van der Waals surface area contributed by atoms with E-state index >= 15 is 0 Å². The maximum absolute atomic E-state index is 12.1. The van der Waals surface area contributed by atoms with Crippen molar-refractivity contribution in [2.45, 2.75) is 13.0 Å². The second-order valence-electron chi connectivity index (χ2n) is 4.48. The van der Waals surface area contributed by atoms with Gasteiger partial charge in [-0.05, 0) is 25.1 Å². The molecule has 1 unspecified atom stereocenters. The van der Waals surface area contributed by atoms with Crippen molar-refractivity contribution in [1.29, 1.82) is 0 Å². The smallest absolute Gasteiger partial charge is 0.271 e. The van der Waals surface area contributed by atoms with Crippen LogP contribution >= 0.6 is 11.6 Å². The molecule has 0 aromatic heterocycles. The van der Waals surface area contributed by atoms with Crippen LogP contribution in [-0.2, 0) is 4.79 Å². The Bertz CT molecular complexity index is 691. The molecule has 0 aliphatic rings. The molecular formula is C15H13ClN2O4. The van der Waals surface area contributed by atoms with Gasteiger partial charge in [0.1, 0.15) is 5.75 Å². The first-order valence-corrected chi connectivity index (χ1v) is 6.81. The molecule has 0 radical (unpaired) electrons. The van der Waals surface area contributed by atoms with Gasteiger partial charge in [0.15, 0.2) is 6.10 Å². The number of ether oxygens (including phenoxy) is 1. The van der Waals surface area contributed by atoms with Crippen molar-refractivity contribution >= 4 is 28.9 Å². The number of rotatable bonds is 5. The Hall–Kier alpha value is -2.60. The number of hydrogen-bond acceptors (Lipinski definition) is 4. The van der Waals surface area contributed by atoms with Crippen LogP contribution in [0, 0.1) is 10.1 Å². The van der Waals surface area contributed by atoms with Gasteiger partial charge in [0, 0.05) is 12.1 Å². The number of nitrogens with zero attached hydrogens (tertiary/aromatic N) is 1. The number of nitro benzene ring substituents is 1. The van der Waals surface area contributed by atoms with Gasteiger partial charge in [-0.15, -0.1) is 0 Å². The fraction of sp³-hybridized carbons (Fsp3) is 0.133. The van der Waals surface area contributed by atoms with E-state index in [2.05, 4.69) is 5.32 Å². The van der Waals surface area contributed by atoms with Crippen LogP contribution in [0.15, 0.2) is 48.5 Å². The first-order valence-electron chi connectivity index (χ1n) is 6.44. The molecule has 22 heavy (non-hydrogen) atoms. The van der Waals surface area contributed by atoms with Gasteiger partial charge in [0.2, 0.25) is 0 Å². The molecule has 0 bridgehead atoms. The number of halogens is 1. The lowest BCUT2D eigenvalue weighted by Crippen LogP contribution is -2.30. The van der Waals surface area contributed by atoms with Crippen molar-refractivity contribution in [3.05, 3.63) is 63.7 Å². The summed E-state index contributed by atoms with van der Waals surface area (Å²) in [5.74, 6) is 0.0986. The number of carbonyl (C=O) groups excluding carboxylic acids is 1. The highest BCUT2D eigenvalue weighted by Crippen LogP contribution is 2.27. The number of nitrogens with one attached hydrogen (secondary N) is 1. The van der Waals surface area contributed by atoms with Crippen LogP contribution < -0.4 is 10.1 Å². The van der Waals surface area contributed by atoms with Crippen molar-refractivity contribution in [2.24, 2.45) is 0 Å². The van der Waals surface area contributed by atoms with E-state index in [0.29, 0.717) is 5.75 Å². The SMILES string of the molecule is CC(Oc1ccccc1)C(=O)Nc1cc([N+](=O)[O-])ccc1Cl. The van der Waals surface area contributed by atoms with Gasteiger partial charge in [-0.25, -0.2) is 0 Å². The van der Waals surface area contributed by atoms with Crippen molar-refractivity contribution in [3.8, 4) is 5.75 Å². The van der Waals surface area contributed by atoms with Crippen LogP contribution in [0.1, 0.15) is 6.92 Å². The number of benzene rings is 2. The Morgan fingerprint density at radius 3 is 2.59 bits per heavy atom. The Kier molecular flexibility index (Phi) is 4.95. The monoisotopic (exact) mass is 320 g/mol. The number of anilines is 1. The maximum atomic E-state index is 12.1. The summed E-state index contributed by atoms with van der Waals surface area (Å²) in [6.07, 6.45) is -0.780. The van der Waals surface area contributed by atoms with Crippen LogP contribution in [0.4, 0.5) is 11.4 Å². The summed E-state index contributed by atoms with van der Waals surface area (Å²) in [6, 6.07) is 12.7. The fourth-order valence-corrected chi connectivity index (χ4v) is 1.88. The zero-order valence-corrected chi connectivity index (χ0v) is 12.4. The lowest BCUT2D eigenvalue weighted by molar-refractivity contribution is -0.384. The van der Waals surface area contributed by atoms with Crippen molar-refractivity contribution in [1.82, 2.24) is 0 Å². The van der Waals surface area contributed by atoms with Crippen LogP contribution in [0.2, 0.25) is 5.02 Å². The molecule has 2 rings (SSSR count). The van der Waals surface area contributed by atoms with Gasteiger partial charge in [-0.3, -0.25) is 14.9 Å². The van der Waals surface area contributed by atoms with E-state index in [-0.39, 0.29) is 16.4 Å². The van der Waals surface area contributed by atoms with E-state index in [1.165, 1.54) is 18.2 Å².